The molecule has 0 amide bonds. The maximum atomic E-state index is 9.07. The molecule has 1 N–H and O–H groups in total. The molecule has 0 fully saturated rings. The maximum absolute atomic E-state index is 9.07. The molecule has 0 saturated heterocycles. The van der Waals surface area contributed by atoms with Gasteiger partial charge in [0.1, 0.15) is 10.9 Å². The summed E-state index contributed by atoms with van der Waals surface area (Å²) in [5.74, 6) is 0. The Bertz CT molecular complexity index is 590. The molecule has 0 unspecified atom stereocenters. The van der Waals surface area contributed by atoms with Crippen LogP contribution < -0.4 is 0 Å². The number of rotatable bonds is 1. The van der Waals surface area contributed by atoms with Gasteiger partial charge in [-0.25, -0.2) is 0 Å². The molecule has 1 aliphatic rings. The van der Waals surface area contributed by atoms with Crippen LogP contribution in [0.25, 0.3) is 11.3 Å². The number of H-pyrrole nitrogens is 1. The van der Waals surface area contributed by atoms with Crippen molar-refractivity contribution in [2.24, 2.45) is 0 Å². The Morgan fingerprint density at radius 3 is 3.29 bits per heavy atom. The zero-order valence-corrected chi connectivity index (χ0v) is 10.3. The first-order valence-corrected chi connectivity index (χ1v) is 6.40. The number of hydrogen-bond donors (Lipinski definition) is 1. The lowest BCUT2D eigenvalue weighted by Gasteiger charge is -2.22. The number of hydrogen-bond acceptors (Lipinski definition) is 4. The summed E-state index contributed by atoms with van der Waals surface area (Å²) in [4.78, 5) is 3.02. The topological polar surface area (TPSA) is 55.7 Å². The highest BCUT2D eigenvalue weighted by molar-refractivity contribution is 7.11. The van der Waals surface area contributed by atoms with Crippen LogP contribution in [0.5, 0.6) is 0 Å². The normalized spacial score (nSPS) is 15.5. The third-order valence-electron chi connectivity index (χ3n) is 3.15. The summed E-state index contributed by atoms with van der Waals surface area (Å²) in [6.07, 6.45) is 1.00. The van der Waals surface area contributed by atoms with Gasteiger partial charge in [-0.1, -0.05) is 0 Å². The predicted molar refractivity (Wildman–Crippen MR) is 66.7 cm³/mol. The summed E-state index contributed by atoms with van der Waals surface area (Å²) in [5.41, 5.74) is 4.37. The van der Waals surface area contributed by atoms with E-state index in [4.69, 9.17) is 5.26 Å². The lowest BCUT2D eigenvalue weighted by molar-refractivity contribution is 0.312. The summed E-state index contributed by atoms with van der Waals surface area (Å²) in [6, 6.07) is 4.21. The van der Waals surface area contributed by atoms with Gasteiger partial charge in [-0.05, 0) is 18.5 Å². The number of aromatic nitrogens is 2. The third-order valence-corrected chi connectivity index (χ3v) is 3.97. The van der Waals surface area contributed by atoms with Crippen molar-refractivity contribution in [2.75, 3.05) is 13.6 Å². The van der Waals surface area contributed by atoms with Gasteiger partial charge in [-0.15, -0.1) is 11.3 Å². The Hall–Kier alpha value is -1.64. The first-order chi connectivity index (χ1) is 8.29. The quantitative estimate of drug-likeness (QED) is 0.834. The van der Waals surface area contributed by atoms with Crippen LogP contribution in [0.2, 0.25) is 0 Å². The Balaban J connectivity index is 2.11. The molecule has 5 heteroatoms. The van der Waals surface area contributed by atoms with Gasteiger partial charge in [-0.3, -0.25) is 5.10 Å². The molecule has 3 rings (SSSR count). The van der Waals surface area contributed by atoms with Gasteiger partial charge in [-0.2, -0.15) is 10.4 Å². The molecule has 0 spiro atoms. The number of thiophene rings is 1. The number of nitrogens with one attached hydrogen (secondary N) is 1. The van der Waals surface area contributed by atoms with E-state index in [9.17, 15) is 0 Å². The Kier molecular flexibility index (Phi) is 2.46. The second-order valence-corrected chi connectivity index (χ2v) is 5.21. The highest BCUT2D eigenvalue weighted by Crippen LogP contribution is 2.32. The molecule has 0 atom stereocenters. The van der Waals surface area contributed by atoms with Crippen molar-refractivity contribution in [3.63, 3.8) is 0 Å². The molecular weight excluding hydrogens is 232 g/mol. The second kappa shape index (κ2) is 3.99. The van der Waals surface area contributed by atoms with Crippen molar-refractivity contribution < 1.29 is 0 Å². The molecule has 0 bridgehead atoms. The van der Waals surface area contributed by atoms with Gasteiger partial charge in [0.15, 0.2) is 0 Å². The average molecular weight is 244 g/mol. The number of fused-ring (bicyclic) bond motifs is 1. The highest BCUT2D eigenvalue weighted by atomic mass is 32.1. The SMILES string of the molecule is CN1CCc2[nH]nc(-c3ccsc3C#N)c2C1. The van der Waals surface area contributed by atoms with Crippen LogP contribution >= 0.6 is 11.3 Å². The molecule has 2 aromatic rings. The van der Waals surface area contributed by atoms with Gasteiger partial charge >= 0.3 is 0 Å². The summed E-state index contributed by atoms with van der Waals surface area (Å²) < 4.78 is 0. The van der Waals surface area contributed by atoms with Crippen LogP contribution in [0, 0.1) is 11.3 Å². The molecule has 2 aromatic heterocycles. The molecule has 0 saturated carbocycles. The van der Waals surface area contributed by atoms with Crippen LogP contribution in [0.3, 0.4) is 0 Å². The van der Waals surface area contributed by atoms with Gasteiger partial charge in [0.2, 0.25) is 0 Å². The summed E-state index contributed by atoms with van der Waals surface area (Å²) in [7, 11) is 2.11. The van der Waals surface area contributed by atoms with Crippen molar-refractivity contribution in [1.29, 1.82) is 5.26 Å². The Morgan fingerprint density at radius 1 is 1.59 bits per heavy atom. The molecule has 86 valence electrons. The van der Waals surface area contributed by atoms with E-state index in [-0.39, 0.29) is 0 Å². The largest absolute Gasteiger partial charge is 0.302 e. The van der Waals surface area contributed by atoms with Crippen molar-refractivity contribution in [3.8, 4) is 17.3 Å². The van der Waals surface area contributed by atoms with E-state index >= 15 is 0 Å². The molecule has 0 radical (unpaired) electrons. The first kappa shape index (κ1) is 10.5. The first-order valence-electron chi connectivity index (χ1n) is 5.52. The highest BCUT2D eigenvalue weighted by Gasteiger charge is 2.22. The van der Waals surface area contributed by atoms with Crippen LogP contribution in [0.15, 0.2) is 11.4 Å². The predicted octanol–water partition coefficient (Wildman–Crippen LogP) is 2.00. The number of likely N-dealkylation sites (N-methyl/N-ethyl adjacent to an activating group) is 1. The van der Waals surface area contributed by atoms with Gasteiger partial charge in [0.25, 0.3) is 0 Å². The molecular formula is C12H12N4S. The lowest BCUT2D eigenvalue weighted by atomic mass is 10.0. The minimum atomic E-state index is 0.743. The van der Waals surface area contributed by atoms with Gasteiger partial charge in [0.05, 0.1) is 5.69 Å². The standard InChI is InChI=1S/C12H12N4S/c1-16-4-2-10-9(7-16)12(15-14-10)8-3-5-17-11(8)6-13/h3,5H,2,4,7H2,1H3,(H,14,15). The van der Waals surface area contributed by atoms with Gasteiger partial charge < -0.3 is 4.90 Å². The third kappa shape index (κ3) is 1.66. The Labute approximate surface area is 103 Å². The van der Waals surface area contributed by atoms with Gasteiger partial charge in [0, 0.05) is 36.3 Å². The number of nitriles is 1. The molecule has 0 aromatic carbocycles. The van der Waals surface area contributed by atoms with E-state index in [1.807, 2.05) is 11.4 Å². The fraction of sp³-hybridized carbons (Fsp3) is 0.333. The van der Waals surface area contributed by atoms with Crippen molar-refractivity contribution in [1.82, 2.24) is 15.1 Å². The molecule has 17 heavy (non-hydrogen) atoms. The van der Waals surface area contributed by atoms with E-state index in [0.29, 0.717) is 0 Å². The zero-order valence-electron chi connectivity index (χ0n) is 9.53. The van der Waals surface area contributed by atoms with E-state index < -0.39 is 0 Å². The van der Waals surface area contributed by atoms with E-state index in [1.165, 1.54) is 22.6 Å². The molecule has 1 aliphatic heterocycles. The van der Waals surface area contributed by atoms with E-state index in [0.717, 1.165) is 35.6 Å². The van der Waals surface area contributed by atoms with E-state index in [2.05, 4.69) is 28.2 Å². The maximum Gasteiger partial charge on any atom is 0.114 e. The second-order valence-electron chi connectivity index (χ2n) is 4.29. The van der Waals surface area contributed by atoms with Crippen LogP contribution in [0.4, 0.5) is 0 Å². The summed E-state index contributed by atoms with van der Waals surface area (Å²) in [5, 5.41) is 18.5. The molecule has 0 aliphatic carbocycles. The van der Waals surface area contributed by atoms with E-state index in [1.54, 1.807) is 0 Å². The zero-order chi connectivity index (χ0) is 11.8. The van der Waals surface area contributed by atoms with Crippen LogP contribution in [-0.4, -0.2) is 28.7 Å². The van der Waals surface area contributed by atoms with Crippen molar-refractivity contribution in [2.45, 2.75) is 13.0 Å². The fourth-order valence-electron chi connectivity index (χ4n) is 2.24. The van der Waals surface area contributed by atoms with Crippen LogP contribution in [-0.2, 0) is 13.0 Å². The number of nitrogens with zero attached hydrogens (tertiary/aromatic N) is 3. The monoisotopic (exact) mass is 244 g/mol. The molecule has 3 heterocycles. The van der Waals surface area contributed by atoms with Crippen LogP contribution in [0.1, 0.15) is 16.1 Å². The van der Waals surface area contributed by atoms with Crippen molar-refractivity contribution in [3.05, 3.63) is 27.6 Å². The number of aromatic amines is 1. The smallest absolute Gasteiger partial charge is 0.114 e. The van der Waals surface area contributed by atoms with Crippen molar-refractivity contribution >= 4 is 11.3 Å². The summed E-state index contributed by atoms with van der Waals surface area (Å²) >= 11 is 1.47. The Morgan fingerprint density at radius 2 is 2.47 bits per heavy atom. The average Bonchev–Trinajstić information content (AvgIpc) is 2.93. The minimum absolute atomic E-state index is 0.743. The lowest BCUT2D eigenvalue weighted by Crippen LogP contribution is -2.26. The fourth-order valence-corrected chi connectivity index (χ4v) is 2.92. The summed E-state index contributed by atoms with van der Waals surface area (Å²) in [6.45, 7) is 1.96. The minimum Gasteiger partial charge on any atom is -0.302 e. The molecule has 4 nitrogen and oxygen atoms in total.